The highest BCUT2D eigenvalue weighted by molar-refractivity contribution is 7.10. The van der Waals surface area contributed by atoms with Crippen LogP contribution in [0.1, 0.15) is 30.0 Å². The fourth-order valence-electron chi connectivity index (χ4n) is 3.91. The molecule has 1 aliphatic rings. The van der Waals surface area contributed by atoms with Gasteiger partial charge in [-0.05, 0) is 24.6 Å². The van der Waals surface area contributed by atoms with Gasteiger partial charge in [-0.2, -0.15) is 5.26 Å². The maximum absolute atomic E-state index is 13.2. The molecule has 1 aromatic heterocycles. The summed E-state index contributed by atoms with van der Waals surface area (Å²) < 4.78 is 5.70. The summed E-state index contributed by atoms with van der Waals surface area (Å²) in [5.41, 5.74) is 2.04. The largest absolute Gasteiger partial charge is 0.484 e. The van der Waals surface area contributed by atoms with Crippen molar-refractivity contribution in [1.82, 2.24) is 14.8 Å². The van der Waals surface area contributed by atoms with Crippen LogP contribution in [0.5, 0.6) is 5.75 Å². The minimum atomic E-state index is -0.269. The molecule has 1 unspecified atom stereocenters. The second kappa shape index (κ2) is 10.3. The molecule has 7 nitrogen and oxygen atoms in total. The summed E-state index contributed by atoms with van der Waals surface area (Å²) in [7, 11) is 0. The van der Waals surface area contributed by atoms with Crippen molar-refractivity contribution >= 4 is 23.2 Å². The van der Waals surface area contributed by atoms with Crippen molar-refractivity contribution in [3.63, 3.8) is 0 Å². The van der Waals surface area contributed by atoms with Crippen LogP contribution >= 0.6 is 11.3 Å². The van der Waals surface area contributed by atoms with Gasteiger partial charge in [0.15, 0.2) is 6.61 Å². The Kier molecular flexibility index (Phi) is 7.01. The molecule has 2 aromatic carbocycles. The summed E-state index contributed by atoms with van der Waals surface area (Å²) >= 11 is 1.47. The van der Waals surface area contributed by atoms with Crippen LogP contribution in [0.3, 0.4) is 0 Å². The number of nitriles is 1. The molecule has 168 valence electrons. The molecule has 0 saturated carbocycles. The molecule has 4 rings (SSSR count). The lowest BCUT2D eigenvalue weighted by Crippen LogP contribution is -2.40. The van der Waals surface area contributed by atoms with E-state index in [-0.39, 0.29) is 24.5 Å². The van der Waals surface area contributed by atoms with E-state index in [0.29, 0.717) is 43.1 Å². The third-order valence-corrected chi connectivity index (χ3v) is 6.61. The predicted octanol–water partition coefficient (Wildman–Crippen LogP) is 3.88. The van der Waals surface area contributed by atoms with Crippen molar-refractivity contribution in [3.05, 3.63) is 70.5 Å². The van der Waals surface area contributed by atoms with Crippen molar-refractivity contribution in [2.75, 3.05) is 26.2 Å². The van der Waals surface area contributed by atoms with Crippen LogP contribution in [0, 0.1) is 11.3 Å². The Morgan fingerprint density at radius 1 is 1.12 bits per heavy atom. The predicted molar refractivity (Wildman–Crippen MR) is 126 cm³/mol. The zero-order valence-electron chi connectivity index (χ0n) is 18.3. The van der Waals surface area contributed by atoms with Gasteiger partial charge in [0.2, 0.25) is 5.91 Å². The standard InChI is InChI=1S/C25H24N4O3S/c1-18(30)28-12-11-23(25-27-22(17-33-25)21-10-6-5-7-19(21)15-26)29(14-13-28)24(31)16-32-20-8-3-2-4-9-20/h2-10,17,23H,11-14,16H2,1H3. The number of rotatable bonds is 5. The number of benzene rings is 2. The molecule has 2 amide bonds. The molecule has 1 saturated heterocycles. The number of nitrogens with zero attached hydrogens (tertiary/aromatic N) is 4. The van der Waals surface area contributed by atoms with Gasteiger partial charge >= 0.3 is 0 Å². The van der Waals surface area contributed by atoms with Crippen LogP contribution in [-0.4, -0.2) is 52.8 Å². The number of carbonyl (C=O) groups is 2. The van der Waals surface area contributed by atoms with Gasteiger partial charge < -0.3 is 14.5 Å². The molecule has 8 heteroatoms. The Hall–Kier alpha value is -3.70. The average Bonchev–Trinajstić information content (AvgIpc) is 3.22. The highest BCUT2D eigenvalue weighted by Crippen LogP contribution is 2.33. The SMILES string of the molecule is CC(=O)N1CCC(c2nc(-c3ccccc3C#N)cs2)N(C(=O)COc2ccccc2)CC1. The Morgan fingerprint density at radius 3 is 2.64 bits per heavy atom. The topological polar surface area (TPSA) is 86.5 Å². The van der Waals surface area contributed by atoms with E-state index in [0.717, 1.165) is 10.6 Å². The quantitative estimate of drug-likeness (QED) is 0.577. The minimum absolute atomic E-state index is 0.00800. The lowest BCUT2D eigenvalue weighted by atomic mass is 10.1. The fraction of sp³-hybridized carbons (Fsp3) is 0.280. The van der Waals surface area contributed by atoms with Gasteiger partial charge in [0, 0.05) is 37.5 Å². The molecule has 2 heterocycles. The lowest BCUT2D eigenvalue weighted by molar-refractivity contribution is -0.136. The van der Waals surface area contributed by atoms with Crippen LogP contribution in [0.25, 0.3) is 11.3 Å². The summed E-state index contributed by atoms with van der Waals surface area (Å²) in [5.74, 6) is 0.474. The molecular weight excluding hydrogens is 436 g/mol. The van der Waals surface area contributed by atoms with E-state index in [9.17, 15) is 14.9 Å². The Morgan fingerprint density at radius 2 is 1.88 bits per heavy atom. The Labute approximate surface area is 196 Å². The molecule has 33 heavy (non-hydrogen) atoms. The van der Waals surface area contributed by atoms with Crippen LogP contribution < -0.4 is 4.74 Å². The Bertz CT molecular complexity index is 1170. The van der Waals surface area contributed by atoms with Gasteiger partial charge in [-0.25, -0.2) is 4.98 Å². The number of carbonyl (C=O) groups excluding carboxylic acids is 2. The Balaban J connectivity index is 1.59. The van der Waals surface area contributed by atoms with Crippen LogP contribution in [0.2, 0.25) is 0 Å². The molecule has 1 aliphatic heterocycles. The number of aromatic nitrogens is 1. The van der Waals surface area contributed by atoms with Crippen LogP contribution in [0.15, 0.2) is 60.0 Å². The monoisotopic (exact) mass is 460 g/mol. The summed E-state index contributed by atoms with van der Waals surface area (Å²) in [5, 5.41) is 12.1. The van der Waals surface area contributed by atoms with Gasteiger partial charge in [0.1, 0.15) is 10.8 Å². The number of thiazole rings is 1. The maximum Gasteiger partial charge on any atom is 0.261 e. The zero-order valence-corrected chi connectivity index (χ0v) is 19.1. The zero-order chi connectivity index (χ0) is 23.2. The lowest BCUT2D eigenvalue weighted by Gasteiger charge is -2.28. The van der Waals surface area contributed by atoms with Gasteiger partial charge in [-0.15, -0.1) is 11.3 Å². The van der Waals surface area contributed by atoms with E-state index >= 15 is 0 Å². The van der Waals surface area contributed by atoms with Gasteiger partial charge in [-0.3, -0.25) is 9.59 Å². The van der Waals surface area contributed by atoms with Crippen molar-refractivity contribution < 1.29 is 14.3 Å². The summed E-state index contributed by atoms with van der Waals surface area (Å²) in [6, 6.07) is 18.5. The third kappa shape index (κ3) is 5.21. The van der Waals surface area contributed by atoms with E-state index in [2.05, 4.69) is 6.07 Å². The molecule has 0 spiro atoms. The van der Waals surface area contributed by atoms with Gasteiger partial charge in [0.25, 0.3) is 5.91 Å². The summed E-state index contributed by atoms with van der Waals surface area (Å²) in [6.45, 7) is 2.89. The molecule has 0 bridgehead atoms. The normalized spacial score (nSPS) is 16.1. The maximum atomic E-state index is 13.2. The summed E-state index contributed by atoms with van der Waals surface area (Å²) in [6.07, 6.45) is 0.587. The average molecular weight is 461 g/mol. The second-order valence-corrected chi connectivity index (χ2v) is 8.62. The summed E-state index contributed by atoms with van der Waals surface area (Å²) in [4.78, 5) is 33.5. The molecule has 3 aromatic rings. The van der Waals surface area contributed by atoms with Gasteiger partial charge in [0.05, 0.1) is 23.4 Å². The van der Waals surface area contributed by atoms with Gasteiger partial charge in [-0.1, -0.05) is 36.4 Å². The van der Waals surface area contributed by atoms with Crippen LogP contribution in [-0.2, 0) is 9.59 Å². The van der Waals surface area contributed by atoms with Crippen molar-refractivity contribution in [1.29, 1.82) is 5.26 Å². The first kappa shape index (κ1) is 22.5. The molecule has 0 radical (unpaired) electrons. The van der Waals surface area contributed by atoms with Crippen molar-refractivity contribution in [2.24, 2.45) is 0 Å². The highest BCUT2D eigenvalue weighted by atomic mass is 32.1. The smallest absolute Gasteiger partial charge is 0.261 e. The number of ether oxygens (including phenoxy) is 1. The number of para-hydroxylation sites is 1. The van der Waals surface area contributed by atoms with E-state index in [1.165, 1.54) is 11.3 Å². The first-order valence-electron chi connectivity index (χ1n) is 10.7. The fourth-order valence-corrected chi connectivity index (χ4v) is 4.88. The highest BCUT2D eigenvalue weighted by Gasteiger charge is 2.32. The van der Waals surface area contributed by atoms with Crippen LogP contribution in [0.4, 0.5) is 0 Å². The van der Waals surface area contributed by atoms with Crippen molar-refractivity contribution in [3.8, 4) is 23.1 Å². The third-order valence-electron chi connectivity index (χ3n) is 5.66. The number of hydrogen-bond acceptors (Lipinski definition) is 6. The molecule has 1 atom stereocenters. The van der Waals surface area contributed by atoms with Crippen molar-refractivity contribution in [2.45, 2.75) is 19.4 Å². The first-order valence-corrected chi connectivity index (χ1v) is 11.6. The van der Waals surface area contributed by atoms with E-state index in [1.54, 1.807) is 22.8 Å². The second-order valence-electron chi connectivity index (χ2n) is 7.73. The van der Waals surface area contributed by atoms with E-state index < -0.39 is 0 Å². The number of amides is 2. The first-order chi connectivity index (χ1) is 16.1. The van der Waals surface area contributed by atoms with E-state index in [4.69, 9.17) is 9.72 Å². The molecule has 0 aliphatic carbocycles. The minimum Gasteiger partial charge on any atom is -0.484 e. The molecule has 0 N–H and O–H groups in total. The molecule has 1 fully saturated rings. The molecular formula is C25H24N4O3S. The van der Waals surface area contributed by atoms with E-state index in [1.807, 2.05) is 53.9 Å². The number of hydrogen-bond donors (Lipinski definition) is 0.